The molecule has 0 bridgehead atoms. The molecule has 0 aliphatic carbocycles. The average molecular weight is 772 g/mol. The molecule has 0 saturated heterocycles. The van der Waals surface area contributed by atoms with Crippen LogP contribution in [0.3, 0.4) is 0 Å². The van der Waals surface area contributed by atoms with Crippen LogP contribution in [0.25, 0.3) is 33.4 Å². The van der Waals surface area contributed by atoms with Crippen molar-refractivity contribution < 1.29 is 28.8 Å². The summed E-state index contributed by atoms with van der Waals surface area (Å²) in [7, 11) is 0. The van der Waals surface area contributed by atoms with E-state index in [-0.39, 0.29) is 16.7 Å². The van der Waals surface area contributed by atoms with Gasteiger partial charge in [0.05, 0.1) is 16.7 Å². The SMILES string of the molecule is CCCCCCNC(=O)c1c(-c2ccc(C=O)cc2)c(C(=O)NCCCCCC)c(-c2ccc(C=O)cc2)c(C(=O)NCCCCCC)c1-c1ccc(C=O)cc1. The Morgan fingerprint density at radius 2 is 0.632 bits per heavy atom. The monoisotopic (exact) mass is 771 g/mol. The zero-order valence-electron chi connectivity index (χ0n) is 33.7. The van der Waals surface area contributed by atoms with Crippen molar-refractivity contribution >= 4 is 36.6 Å². The molecule has 4 rings (SSSR count). The van der Waals surface area contributed by atoms with Crippen LogP contribution in [0.2, 0.25) is 0 Å². The van der Waals surface area contributed by atoms with Crippen LogP contribution in [0.1, 0.15) is 160 Å². The van der Waals surface area contributed by atoms with Crippen molar-refractivity contribution in [1.29, 1.82) is 0 Å². The minimum Gasteiger partial charge on any atom is -0.352 e. The van der Waals surface area contributed by atoms with Crippen molar-refractivity contribution in [2.75, 3.05) is 19.6 Å². The zero-order valence-corrected chi connectivity index (χ0v) is 33.7. The van der Waals surface area contributed by atoms with Gasteiger partial charge in [0.2, 0.25) is 0 Å². The highest BCUT2D eigenvalue weighted by atomic mass is 16.2. The lowest BCUT2D eigenvalue weighted by Gasteiger charge is -2.27. The predicted molar refractivity (Wildman–Crippen MR) is 228 cm³/mol. The molecule has 9 nitrogen and oxygen atoms in total. The lowest BCUT2D eigenvalue weighted by atomic mass is 9.78. The van der Waals surface area contributed by atoms with Crippen molar-refractivity contribution in [3.63, 3.8) is 0 Å². The van der Waals surface area contributed by atoms with E-state index in [1.165, 1.54) is 0 Å². The molecule has 300 valence electrons. The van der Waals surface area contributed by atoms with Gasteiger partial charge in [-0.1, -0.05) is 151 Å². The number of benzene rings is 4. The third-order valence-corrected chi connectivity index (χ3v) is 10.1. The standard InChI is InChI=1S/C48H57N3O6/c1-4-7-10-13-28-49-46(55)43-40(37-22-16-34(31-52)17-23-37)44(47(56)50-29-14-11-8-5-2)42(39-26-20-36(33-54)21-27-39)45(48(57)51-30-15-12-9-6-3)41(43)38-24-18-35(32-53)19-25-38/h16-27,31-33H,4-15,28-30H2,1-3H3,(H,49,55)(H,50,56)(H,51,57). The molecular formula is C48H57N3O6. The van der Waals surface area contributed by atoms with Gasteiger partial charge < -0.3 is 16.0 Å². The Balaban J connectivity index is 2.20. The van der Waals surface area contributed by atoms with Crippen molar-refractivity contribution in [2.24, 2.45) is 0 Å². The van der Waals surface area contributed by atoms with E-state index in [4.69, 9.17) is 0 Å². The minimum absolute atomic E-state index is 0.128. The number of amides is 3. The van der Waals surface area contributed by atoms with Gasteiger partial charge in [0, 0.05) is 53.0 Å². The minimum atomic E-state index is -0.465. The molecule has 0 aliphatic heterocycles. The van der Waals surface area contributed by atoms with Crippen LogP contribution in [0.5, 0.6) is 0 Å². The van der Waals surface area contributed by atoms with Gasteiger partial charge in [-0.2, -0.15) is 0 Å². The highest BCUT2D eigenvalue weighted by Gasteiger charge is 2.35. The Morgan fingerprint density at radius 1 is 0.386 bits per heavy atom. The van der Waals surface area contributed by atoms with E-state index in [1.54, 1.807) is 72.8 Å². The number of aldehydes is 3. The normalized spacial score (nSPS) is 10.8. The molecule has 0 aromatic heterocycles. The summed E-state index contributed by atoms with van der Waals surface area (Å²) < 4.78 is 0. The highest BCUT2D eigenvalue weighted by molar-refractivity contribution is 6.23. The second kappa shape index (κ2) is 23.4. The fourth-order valence-corrected chi connectivity index (χ4v) is 7.01. The van der Waals surface area contributed by atoms with Crippen molar-refractivity contribution in [1.82, 2.24) is 16.0 Å². The summed E-state index contributed by atoms with van der Waals surface area (Å²) in [5, 5.41) is 9.33. The molecule has 57 heavy (non-hydrogen) atoms. The van der Waals surface area contributed by atoms with Crippen LogP contribution < -0.4 is 16.0 Å². The van der Waals surface area contributed by atoms with Crippen LogP contribution in [0, 0.1) is 0 Å². The molecule has 0 heterocycles. The molecule has 0 unspecified atom stereocenters. The van der Waals surface area contributed by atoms with E-state index >= 15 is 0 Å². The summed E-state index contributed by atoms with van der Waals surface area (Å²) in [6, 6.07) is 20.1. The first-order valence-electron chi connectivity index (χ1n) is 20.6. The Kier molecular flexibility index (Phi) is 18.1. The molecule has 0 spiro atoms. The van der Waals surface area contributed by atoms with E-state index in [9.17, 15) is 28.8 Å². The molecule has 0 radical (unpaired) electrons. The molecule has 4 aromatic rings. The molecule has 4 aromatic carbocycles. The van der Waals surface area contributed by atoms with Crippen LogP contribution in [0.4, 0.5) is 0 Å². The zero-order chi connectivity index (χ0) is 41.0. The summed E-state index contributed by atoms with van der Waals surface area (Å²) in [5.74, 6) is -1.40. The maximum Gasteiger partial charge on any atom is 0.252 e. The highest BCUT2D eigenvalue weighted by Crippen LogP contribution is 2.45. The molecule has 3 N–H and O–H groups in total. The number of hydrogen-bond donors (Lipinski definition) is 3. The third-order valence-electron chi connectivity index (χ3n) is 10.1. The van der Waals surface area contributed by atoms with Crippen LogP contribution in [-0.4, -0.2) is 56.2 Å². The summed E-state index contributed by atoms with van der Waals surface area (Å²) in [5.41, 5.74) is 4.01. The lowest BCUT2D eigenvalue weighted by molar-refractivity contribution is 0.0952. The number of nitrogens with one attached hydrogen (secondary N) is 3. The van der Waals surface area contributed by atoms with Crippen LogP contribution >= 0.6 is 0 Å². The number of unbranched alkanes of at least 4 members (excludes halogenated alkanes) is 9. The van der Waals surface area contributed by atoms with Crippen molar-refractivity contribution in [3.8, 4) is 33.4 Å². The quantitative estimate of drug-likeness (QED) is 0.0479. The molecule has 3 amide bonds. The first kappa shape index (κ1) is 44.0. The first-order chi connectivity index (χ1) is 27.8. The number of hydrogen-bond acceptors (Lipinski definition) is 6. The maximum absolute atomic E-state index is 14.9. The van der Waals surface area contributed by atoms with Gasteiger partial charge in [0.15, 0.2) is 0 Å². The Morgan fingerprint density at radius 3 is 0.842 bits per heavy atom. The molecule has 9 heteroatoms. The first-order valence-corrected chi connectivity index (χ1v) is 20.6. The van der Waals surface area contributed by atoms with E-state index in [0.717, 1.165) is 95.9 Å². The summed E-state index contributed by atoms with van der Waals surface area (Å²) in [4.78, 5) is 80.2. The fourth-order valence-electron chi connectivity index (χ4n) is 7.01. The molecule has 0 saturated carbocycles. The molecule has 0 atom stereocenters. The Hall–Kier alpha value is -5.70. The number of carbonyl (C=O) groups is 6. The topological polar surface area (TPSA) is 139 Å². The molecular weight excluding hydrogens is 715 g/mol. The Bertz CT molecular complexity index is 1720. The summed E-state index contributed by atoms with van der Waals surface area (Å²) in [6.45, 7) is 7.47. The summed E-state index contributed by atoms with van der Waals surface area (Å²) in [6.07, 6.45) is 13.3. The lowest BCUT2D eigenvalue weighted by Crippen LogP contribution is -2.33. The van der Waals surface area contributed by atoms with E-state index < -0.39 is 17.7 Å². The average Bonchev–Trinajstić information content (AvgIpc) is 3.25. The number of rotatable bonds is 24. The van der Waals surface area contributed by atoms with Crippen LogP contribution in [0.15, 0.2) is 72.8 Å². The smallest absolute Gasteiger partial charge is 0.252 e. The Labute approximate surface area is 337 Å². The van der Waals surface area contributed by atoms with Gasteiger partial charge in [-0.25, -0.2) is 0 Å². The van der Waals surface area contributed by atoms with Gasteiger partial charge in [0.1, 0.15) is 18.9 Å². The molecule has 0 fully saturated rings. The second-order valence-electron chi connectivity index (χ2n) is 14.4. The van der Waals surface area contributed by atoms with Gasteiger partial charge in [-0.05, 0) is 36.0 Å². The van der Waals surface area contributed by atoms with E-state index in [1.807, 2.05) is 0 Å². The number of carbonyl (C=O) groups excluding carboxylic acids is 6. The van der Waals surface area contributed by atoms with Crippen molar-refractivity contribution in [3.05, 3.63) is 106 Å². The van der Waals surface area contributed by atoms with Gasteiger partial charge in [0.25, 0.3) is 17.7 Å². The van der Waals surface area contributed by atoms with E-state index in [2.05, 4.69) is 36.7 Å². The van der Waals surface area contributed by atoms with Crippen LogP contribution in [-0.2, 0) is 0 Å². The second-order valence-corrected chi connectivity index (χ2v) is 14.4. The third kappa shape index (κ3) is 11.9. The fraction of sp³-hybridized carbons (Fsp3) is 0.375. The summed E-state index contributed by atoms with van der Waals surface area (Å²) >= 11 is 0. The van der Waals surface area contributed by atoms with Gasteiger partial charge >= 0.3 is 0 Å². The van der Waals surface area contributed by atoms with Gasteiger partial charge in [-0.3, -0.25) is 28.8 Å². The van der Waals surface area contributed by atoms with E-state index in [0.29, 0.717) is 69.7 Å². The predicted octanol–water partition coefficient (Wildman–Crippen LogP) is 10.1. The molecule has 0 aliphatic rings. The van der Waals surface area contributed by atoms with Crippen molar-refractivity contribution in [2.45, 2.75) is 97.8 Å². The van der Waals surface area contributed by atoms with Gasteiger partial charge in [-0.15, -0.1) is 0 Å². The maximum atomic E-state index is 14.9. The largest absolute Gasteiger partial charge is 0.352 e.